The highest BCUT2D eigenvalue weighted by molar-refractivity contribution is 6.09. The molecule has 0 radical (unpaired) electrons. The molecule has 3 rings (SSSR count). The number of carbonyl (C=O) groups is 3. The van der Waals surface area contributed by atoms with Gasteiger partial charge < -0.3 is 19.9 Å². The summed E-state index contributed by atoms with van der Waals surface area (Å²) in [5.74, 6) is -0.356. The lowest BCUT2D eigenvalue weighted by Crippen LogP contribution is -2.08. The Balaban J connectivity index is 1.41. The number of esters is 2. The van der Waals surface area contributed by atoms with Crippen LogP contribution in [0.3, 0.4) is 0 Å². The molecule has 2 N–H and O–H groups in total. The normalized spacial score (nSPS) is 10.3. The zero-order valence-electron chi connectivity index (χ0n) is 20.3. The Morgan fingerprint density at radius 3 is 2.03 bits per heavy atom. The number of rotatable bonds is 12. The first kappa shape index (κ1) is 26.8. The van der Waals surface area contributed by atoms with Crippen molar-refractivity contribution in [2.24, 2.45) is 5.18 Å². The maximum absolute atomic E-state index is 12.7. The zero-order valence-corrected chi connectivity index (χ0v) is 20.3. The van der Waals surface area contributed by atoms with Crippen LogP contribution in [0.1, 0.15) is 46.0 Å². The van der Waals surface area contributed by atoms with Crippen LogP contribution in [-0.4, -0.2) is 30.9 Å². The van der Waals surface area contributed by atoms with Crippen LogP contribution in [0.4, 0.5) is 11.4 Å². The number of ketones is 1. The van der Waals surface area contributed by atoms with Crippen molar-refractivity contribution in [2.45, 2.75) is 19.8 Å². The molecule has 3 aromatic carbocycles. The number of benzene rings is 3. The number of unbranched alkanes of at least 4 members (excludes halogenated alkanes) is 1. The smallest absolute Gasteiger partial charge is 0.338 e. The van der Waals surface area contributed by atoms with E-state index in [1.807, 2.05) is 0 Å². The number of hydrogen-bond acceptors (Lipinski definition) is 9. The predicted molar refractivity (Wildman–Crippen MR) is 138 cm³/mol. The van der Waals surface area contributed by atoms with Gasteiger partial charge in [0.25, 0.3) is 0 Å². The van der Waals surface area contributed by atoms with E-state index < -0.39 is 11.9 Å². The van der Waals surface area contributed by atoms with Crippen molar-refractivity contribution >= 4 is 29.1 Å². The third-order valence-corrected chi connectivity index (χ3v) is 5.11. The van der Waals surface area contributed by atoms with Gasteiger partial charge in [0.05, 0.1) is 18.8 Å². The minimum Gasteiger partial charge on any atom is -0.494 e. The first-order valence-corrected chi connectivity index (χ1v) is 11.4. The summed E-state index contributed by atoms with van der Waals surface area (Å²) >= 11 is 0. The maximum atomic E-state index is 12.7. The number of nitrogens with two attached hydrogens (primary N) is 1. The van der Waals surface area contributed by atoms with Gasteiger partial charge in [0.1, 0.15) is 17.2 Å². The molecule has 0 aliphatic heterocycles. The van der Waals surface area contributed by atoms with E-state index >= 15 is 0 Å². The van der Waals surface area contributed by atoms with E-state index in [4.69, 9.17) is 19.9 Å². The van der Waals surface area contributed by atoms with Crippen molar-refractivity contribution in [3.63, 3.8) is 0 Å². The number of nitrogens with zero attached hydrogens (tertiary/aromatic N) is 1. The number of ether oxygens (including phenoxy) is 3. The number of nitrogen functional groups attached to an aromatic ring is 1. The molecule has 0 saturated carbocycles. The molecule has 0 heterocycles. The predicted octanol–water partition coefficient (Wildman–Crippen LogP) is 5.40. The van der Waals surface area contributed by atoms with E-state index in [0.29, 0.717) is 42.1 Å². The second kappa shape index (κ2) is 12.8. The molecule has 0 amide bonds. The van der Waals surface area contributed by atoms with Crippen LogP contribution in [0, 0.1) is 4.91 Å². The molecule has 0 atom stereocenters. The molecule has 0 aromatic heterocycles. The highest BCUT2D eigenvalue weighted by Gasteiger charge is 2.12. The van der Waals surface area contributed by atoms with Crippen LogP contribution < -0.4 is 15.2 Å². The van der Waals surface area contributed by atoms with Crippen molar-refractivity contribution in [2.75, 3.05) is 18.9 Å². The molecule has 0 spiro atoms. The second-order valence-electron chi connectivity index (χ2n) is 8.14. The lowest BCUT2D eigenvalue weighted by atomic mass is 10.0. The van der Waals surface area contributed by atoms with Crippen LogP contribution in [0.5, 0.6) is 11.5 Å². The first-order valence-electron chi connectivity index (χ1n) is 11.4. The summed E-state index contributed by atoms with van der Waals surface area (Å²) in [4.78, 5) is 47.0. The largest absolute Gasteiger partial charge is 0.494 e. The van der Waals surface area contributed by atoms with Gasteiger partial charge in [-0.25, -0.2) is 9.59 Å². The number of hydrogen-bond donors (Lipinski definition) is 1. The highest BCUT2D eigenvalue weighted by atomic mass is 16.5. The van der Waals surface area contributed by atoms with Gasteiger partial charge in [-0.15, -0.1) is 4.91 Å². The van der Waals surface area contributed by atoms with Crippen LogP contribution in [-0.2, 0) is 9.53 Å². The minimum atomic E-state index is -0.583. The summed E-state index contributed by atoms with van der Waals surface area (Å²) < 4.78 is 16.0. The van der Waals surface area contributed by atoms with Crippen molar-refractivity contribution in [3.8, 4) is 11.5 Å². The van der Waals surface area contributed by atoms with Gasteiger partial charge in [0.2, 0.25) is 0 Å². The van der Waals surface area contributed by atoms with Gasteiger partial charge in [-0.05, 0) is 91.7 Å². The summed E-state index contributed by atoms with van der Waals surface area (Å²) in [5.41, 5.74) is 7.36. The Labute approximate surface area is 213 Å². The number of anilines is 1. The van der Waals surface area contributed by atoms with Crippen molar-refractivity contribution in [3.05, 3.63) is 100 Å². The fourth-order valence-corrected chi connectivity index (χ4v) is 3.19. The van der Waals surface area contributed by atoms with Crippen LogP contribution in [0.25, 0.3) is 0 Å². The fraction of sp³-hybridized carbons (Fsp3) is 0.179. The molecule has 9 nitrogen and oxygen atoms in total. The van der Waals surface area contributed by atoms with Crippen LogP contribution in [0.2, 0.25) is 0 Å². The van der Waals surface area contributed by atoms with E-state index in [-0.39, 0.29) is 34.9 Å². The summed E-state index contributed by atoms with van der Waals surface area (Å²) in [7, 11) is 0. The Morgan fingerprint density at radius 1 is 0.838 bits per heavy atom. The molecule has 0 aliphatic carbocycles. The molecule has 0 unspecified atom stereocenters. The Morgan fingerprint density at radius 2 is 1.43 bits per heavy atom. The molecule has 9 heteroatoms. The first-order chi connectivity index (χ1) is 17.8. The average Bonchev–Trinajstić information content (AvgIpc) is 2.90. The van der Waals surface area contributed by atoms with E-state index in [0.717, 1.165) is 0 Å². The van der Waals surface area contributed by atoms with Gasteiger partial charge in [-0.2, -0.15) is 0 Å². The molecule has 0 aliphatic rings. The molecule has 3 aromatic rings. The van der Waals surface area contributed by atoms with Crippen molar-refractivity contribution in [1.82, 2.24) is 0 Å². The lowest BCUT2D eigenvalue weighted by Gasteiger charge is -2.09. The second-order valence-corrected chi connectivity index (χ2v) is 8.14. The summed E-state index contributed by atoms with van der Waals surface area (Å²) in [6.07, 6.45) is 1.20. The average molecular weight is 503 g/mol. The van der Waals surface area contributed by atoms with Crippen molar-refractivity contribution in [1.29, 1.82) is 0 Å². The molecule has 37 heavy (non-hydrogen) atoms. The summed E-state index contributed by atoms with van der Waals surface area (Å²) in [6, 6.07) is 17.1. The molecule has 0 bridgehead atoms. The topological polar surface area (TPSA) is 134 Å². The van der Waals surface area contributed by atoms with Gasteiger partial charge in [-0.3, -0.25) is 4.79 Å². The Bertz CT molecular complexity index is 1300. The molecule has 190 valence electrons. The maximum Gasteiger partial charge on any atom is 0.338 e. The molecular formula is C28H26N2O7. The minimum absolute atomic E-state index is 0.0626. The third kappa shape index (κ3) is 7.86. The number of carbonyl (C=O) groups excluding carboxylic acids is 3. The van der Waals surface area contributed by atoms with E-state index in [1.54, 1.807) is 55.5 Å². The zero-order chi connectivity index (χ0) is 26.8. The van der Waals surface area contributed by atoms with Gasteiger partial charge in [-0.1, -0.05) is 6.58 Å². The lowest BCUT2D eigenvalue weighted by molar-refractivity contribution is -0.130. The van der Waals surface area contributed by atoms with E-state index in [9.17, 15) is 19.3 Å². The van der Waals surface area contributed by atoms with Gasteiger partial charge in [0, 0.05) is 22.4 Å². The SMILES string of the molecule is C=C(C)C(=O)Oc1ccc(C(=O)c2ccc(OCCCCOC(=O)c3cc(N)cc(N=O)c3)cc2)cc1. The monoisotopic (exact) mass is 502 g/mol. The summed E-state index contributed by atoms with van der Waals surface area (Å²) in [5, 5.41) is 2.78. The van der Waals surface area contributed by atoms with Gasteiger partial charge >= 0.3 is 11.9 Å². The molecule has 0 saturated heterocycles. The van der Waals surface area contributed by atoms with Gasteiger partial charge in [0.15, 0.2) is 5.78 Å². The van der Waals surface area contributed by atoms with Crippen LogP contribution >= 0.6 is 0 Å². The van der Waals surface area contributed by atoms with Crippen molar-refractivity contribution < 1.29 is 28.6 Å². The Hall–Kier alpha value is -4.79. The highest BCUT2D eigenvalue weighted by Crippen LogP contribution is 2.21. The van der Waals surface area contributed by atoms with Crippen LogP contribution in [0.15, 0.2) is 84.1 Å². The Kier molecular flexibility index (Phi) is 9.26. The van der Waals surface area contributed by atoms with E-state index in [1.165, 1.54) is 18.2 Å². The fourth-order valence-electron chi connectivity index (χ4n) is 3.19. The summed E-state index contributed by atoms with van der Waals surface area (Å²) in [6.45, 7) is 5.66. The molecule has 0 fully saturated rings. The third-order valence-electron chi connectivity index (χ3n) is 5.11. The molecular weight excluding hydrogens is 476 g/mol. The number of nitroso groups, excluding NO2 is 1. The van der Waals surface area contributed by atoms with E-state index in [2.05, 4.69) is 11.8 Å². The standard InChI is InChI=1S/C28H26N2O7/c1-18(2)27(32)37-25-11-7-20(8-12-25)26(31)19-5-9-24(10-6-19)35-13-3-4-14-36-28(33)21-15-22(29)17-23(16-21)30-34/h5-12,15-17H,1,3-4,13-14,29H2,2H3. The quantitative estimate of drug-likeness (QED) is 0.0662.